The number of aromatic nitrogens is 2. The maximum atomic E-state index is 13.4. The molecule has 1 aliphatic heterocycles. The van der Waals surface area contributed by atoms with Crippen molar-refractivity contribution in [3.63, 3.8) is 0 Å². The van der Waals surface area contributed by atoms with Crippen molar-refractivity contribution in [1.82, 2.24) is 19.4 Å². The molecule has 0 spiro atoms. The third-order valence-electron chi connectivity index (χ3n) is 6.71. The summed E-state index contributed by atoms with van der Waals surface area (Å²) in [5, 5.41) is 0.450. The minimum atomic E-state index is -0.524. The molecule has 1 saturated heterocycles. The topological polar surface area (TPSA) is 71.6 Å². The van der Waals surface area contributed by atoms with E-state index in [0.29, 0.717) is 16.3 Å². The lowest BCUT2D eigenvalue weighted by Gasteiger charge is -2.32. The zero-order chi connectivity index (χ0) is 24.4. The van der Waals surface area contributed by atoms with Gasteiger partial charge in [0.15, 0.2) is 5.58 Å². The average Bonchev–Trinajstić information content (AvgIpc) is 3.50. The Kier molecular flexibility index (Phi) is 6.70. The zero-order valence-corrected chi connectivity index (χ0v) is 20.3. The molecule has 0 aliphatic carbocycles. The van der Waals surface area contributed by atoms with Gasteiger partial charge in [0, 0.05) is 19.8 Å². The SMILES string of the molecule is CN(C(=O)Cn1c(=O)oc2ccccc21)C(CN1CCCC1)c1ccc(-c2ccnc(Cl)c2)cc1. The van der Waals surface area contributed by atoms with Gasteiger partial charge in [-0.3, -0.25) is 9.36 Å². The molecule has 1 atom stereocenters. The number of halogens is 1. The Balaban J connectivity index is 1.41. The Hall–Kier alpha value is -3.42. The van der Waals surface area contributed by atoms with Crippen LogP contribution in [-0.2, 0) is 11.3 Å². The van der Waals surface area contributed by atoms with Crippen molar-refractivity contribution in [1.29, 1.82) is 0 Å². The molecule has 0 radical (unpaired) electrons. The number of pyridine rings is 1. The number of amides is 1. The Bertz CT molecular complexity index is 1390. The van der Waals surface area contributed by atoms with Gasteiger partial charge >= 0.3 is 5.76 Å². The number of hydrogen-bond donors (Lipinski definition) is 0. The van der Waals surface area contributed by atoms with Crippen molar-refractivity contribution < 1.29 is 9.21 Å². The molecule has 35 heavy (non-hydrogen) atoms. The molecule has 4 aromatic rings. The first-order valence-electron chi connectivity index (χ1n) is 11.8. The van der Waals surface area contributed by atoms with Gasteiger partial charge in [0.2, 0.25) is 5.91 Å². The summed E-state index contributed by atoms with van der Waals surface area (Å²) in [6.45, 7) is 2.72. The predicted molar refractivity (Wildman–Crippen MR) is 136 cm³/mol. The molecule has 0 N–H and O–H groups in total. The van der Waals surface area contributed by atoms with Crippen LogP contribution in [0.4, 0.5) is 0 Å². The first-order chi connectivity index (χ1) is 17.0. The fraction of sp³-hybridized carbons (Fsp3) is 0.296. The van der Waals surface area contributed by atoms with Crippen LogP contribution >= 0.6 is 11.6 Å². The molecule has 1 fully saturated rings. The minimum Gasteiger partial charge on any atom is -0.408 e. The van der Waals surface area contributed by atoms with Crippen LogP contribution in [0.25, 0.3) is 22.2 Å². The number of para-hydroxylation sites is 2. The molecule has 0 bridgehead atoms. The van der Waals surface area contributed by atoms with E-state index in [-0.39, 0.29) is 18.5 Å². The van der Waals surface area contributed by atoms with Crippen LogP contribution in [0.1, 0.15) is 24.4 Å². The highest BCUT2D eigenvalue weighted by molar-refractivity contribution is 6.29. The number of fused-ring (bicyclic) bond motifs is 1. The molecule has 5 rings (SSSR count). The van der Waals surface area contributed by atoms with Gasteiger partial charge in [0.25, 0.3) is 0 Å². The smallest absolute Gasteiger partial charge is 0.408 e. The fourth-order valence-corrected chi connectivity index (χ4v) is 4.90. The second-order valence-electron chi connectivity index (χ2n) is 8.94. The standard InChI is InChI=1S/C27H27ClN4O3/c1-30(26(33)18-32-22-6-2-3-7-24(22)35-27(32)34)23(17-31-14-4-5-15-31)20-10-8-19(9-11-20)21-12-13-29-25(28)16-21/h2-3,6-13,16,23H,4-5,14-15,17-18H2,1H3. The first-order valence-corrected chi connectivity index (χ1v) is 12.2. The van der Waals surface area contributed by atoms with Crippen molar-refractivity contribution in [2.24, 2.45) is 0 Å². The lowest BCUT2D eigenvalue weighted by Crippen LogP contribution is -2.40. The van der Waals surface area contributed by atoms with E-state index in [2.05, 4.69) is 22.0 Å². The number of hydrogen-bond acceptors (Lipinski definition) is 5. The molecule has 3 heterocycles. The lowest BCUT2D eigenvalue weighted by atomic mass is 10.00. The maximum absolute atomic E-state index is 13.4. The van der Waals surface area contributed by atoms with Crippen LogP contribution in [0.5, 0.6) is 0 Å². The van der Waals surface area contributed by atoms with Gasteiger partial charge < -0.3 is 14.2 Å². The van der Waals surface area contributed by atoms with Crippen molar-refractivity contribution >= 4 is 28.6 Å². The Morgan fingerprint density at radius 3 is 2.57 bits per heavy atom. The number of benzene rings is 2. The van der Waals surface area contributed by atoms with E-state index in [1.807, 2.05) is 37.4 Å². The predicted octanol–water partition coefficient (Wildman–Crippen LogP) is 4.61. The highest BCUT2D eigenvalue weighted by atomic mass is 35.5. The van der Waals surface area contributed by atoms with Crippen LogP contribution in [0.3, 0.4) is 0 Å². The largest absolute Gasteiger partial charge is 0.420 e. The van der Waals surface area contributed by atoms with E-state index in [1.165, 1.54) is 17.4 Å². The van der Waals surface area contributed by atoms with Crippen molar-refractivity contribution in [2.75, 3.05) is 26.7 Å². The van der Waals surface area contributed by atoms with E-state index >= 15 is 0 Å². The normalized spacial score (nSPS) is 14.9. The number of likely N-dealkylation sites (N-methyl/N-ethyl adjacent to an activating group) is 1. The summed E-state index contributed by atoms with van der Waals surface area (Å²) in [5.74, 6) is -0.669. The molecular formula is C27H27ClN4O3. The first kappa shape index (κ1) is 23.3. The van der Waals surface area contributed by atoms with Gasteiger partial charge in [-0.25, -0.2) is 9.78 Å². The maximum Gasteiger partial charge on any atom is 0.420 e. The summed E-state index contributed by atoms with van der Waals surface area (Å²) in [5.41, 5.74) is 4.16. The molecule has 1 amide bonds. The van der Waals surface area contributed by atoms with Crippen molar-refractivity contribution in [3.8, 4) is 11.1 Å². The number of oxazole rings is 1. The quantitative estimate of drug-likeness (QED) is 0.354. The summed E-state index contributed by atoms with van der Waals surface area (Å²) in [4.78, 5) is 34.0. The summed E-state index contributed by atoms with van der Waals surface area (Å²) < 4.78 is 6.71. The van der Waals surface area contributed by atoms with Gasteiger partial charge in [0.1, 0.15) is 11.7 Å². The number of nitrogens with zero attached hydrogens (tertiary/aromatic N) is 4. The summed E-state index contributed by atoms with van der Waals surface area (Å²) >= 11 is 6.06. The van der Waals surface area contributed by atoms with Crippen molar-refractivity contribution in [2.45, 2.75) is 25.4 Å². The number of likely N-dealkylation sites (tertiary alicyclic amines) is 1. The van der Waals surface area contributed by atoms with E-state index in [9.17, 15) is 9.59 Å². The van der Waals surface area contributed by atoms with Gasteiger partial charge in [-0.1, -0.05) is 48.0 Å². The third kappa shape index (κ3) is 5.01. The van der Waals surface area contributed by atoms with Crippen molar-refractivity contribution in [3.05, 3.63) is 88.1 Å². The average molecular weight is 491 g/mol. The molecular weight excluding hydrogens is 464 g/mol. The van der Waals surface area contributed by atoms with E-state index < -0.39 is 5.76 Å². The van der Waals surface area contributed by atoms with E-state index in [0.717, 1.165) is 36.3 Å². The number of carbonyl (C=O) groups excluding carboxylic acids is 1. The minimum absolute atomic E-state index is 0.0730. The van der Waals surface area contributed by atoms with Crippen LogP contribution in [0, 0.1) is 0 Å². The Morgan fingerprint density at radius 1 is 1.09 bits per heavy atom. The van der Waals surface area contributed by atoms with Crippen LogP contribution < -0.4 is 5.76 Å². The molecule has 2 aromatic carbocycles. The van der Waals surface area contributed by atoms with Crippen LogP contribution in [0.15, 0.2) is 76.1 Å². The van der Waals surface area contributed by atoms with Gasteiger partial charge in [0.05, 0.1) is 11.6 Å². The molecule has 1 aliphatic rings. The highest BCUT2D eigenvalue weighted by Gasteiger charge is 2.26. The van der Waals surface area contributed by atoms with E-state index in [1.54, 1.807) is 29.3 Å². The van der Waals surface area contributed by atoms with Crippen LogP contribution in [-0.4, -0.2) is 51.9 Å². The molecule has 180 valence electrons. The monoisotopic (exact) mass is 490 g/mol. The van der Waals surface area contributed by atoms with E-state index in [4.69, 9.17) is 16.0 Å². The lowest BCUT2D eigenvalue weighted by molar-refractivity contribution is -0.133. The molecule has 1 unspecified atom stereocenters. The fourth-order valence-electron chi connectivity index (χ4n) is 4.73. The van der Waals surface area contributed by atoms with Gasteiger partial charge in [-0.2, -0.15) is 0 Å². The Labute approximate surface area is 208 Å². The zero-order valence-electron chi connectivity index (χ0n) is 19.6. The third-order valence-corrected chi connectivity index (χ3v) is 6.92. The molecule has 0 saturated carbocycles. The van der Waals surface area contributed by atoms with Gasteiger partial charge in [-0.05, 0) is 66.9 Å². The summed E-state index contributed by atoms with van der Waals surface area (Å²) in [6.07, 6.45) is 4.03. The number of rotatable bonds is 7. The molecule has 7 nitrogen and oxygen atoms in total. The Morgan fingerprint density at radius 2 is 1.83 bits per heavy atom. The number of carbonyl (C=O) groups is 1. The second kappa shape index (κ2) is 10.1. The summed E-state index contributed by atoms with van der Waals surface area (Å²) in [6, 6.07) is 19.0. The van der Waals surface area contributed by atoms with Gasteiger partial charge in [-0.15, -0.1) is 0 Å². The second-order valence-corrected chi connectivity index (χ2v) is 9.33. The van der Waals surface area contributed by atoms with Crippen LogP contribution in [0.2, 0.25) is 5.15 Å². The summed E-state index contributed by atoms with van der Waals surface area (Å²) in [7, 11) is 1.81. The highest BCUT2D eigenvalue weighted by Crippen LogP contribution is 2.27. The molecule has 2 aromatic heterocycles. The molecule has 8 heteroatoms.